The number of carbonyl (C=O) groups is 1. The van der Waals surface area contributed by atoms with Gasteiger partial charge in [-0.15, -0.1) is 0 Å². The van der Waals surface area contributed by atoms with E-state index in [1.54, 1.807) is 54.6 Å². The van der Waals surface area contributed by atoms with Gasteiger partial charge in [-0.3, -0.25) is 4.79 Å². The second-order valence-corrected chi connectivity index (χ2v) is 8.99. The standard InChI is InChI=1S/C23H13BrCl4N2O2/c24-18-8-14(7-15(11-29)23(31)30-17-4-2-16(25)3-5-17)10-21(28)22(18)32-12-13-1-6-19(26)20(27)9-13/h1-10H,12H2,(H,30,31)/b15-7-. The van der Waals surface area contributed by atoms with Crippen LogP contribution in [0.3, 0.4) is 0 Å². The number of nitrogens with zero attached hydrogens (tertiary/aromatic N) is 1. The van der Waals surface area contributed by atoms with Gasteiger partial charge in [0.1, 0.15) is 18.2 Å². The van der Waals surface area contributed by atoms with E-state index in [1.807, 2.05) is 6.07 Å². The summed E-state index contributed by atoms with van der Waals surface area (Å²) >= 11 is 27.6. The third-order valence-electron chi connectivity index (χ3n) is 4.17. The molecule has 9 heteroatoms. The Morgan fingerprint density at radius 3 is 2.34 bits per heavy atom. The van der Waals surface area contributed by atoms with Crippen LogP contribution in [0.15, 0.2) is 64.6 Å². The minimum absolute atomic E-state index is 0.0904. The normalized spacial score (nSPS) is 11.1. The monoisotopic (exact) mass is 568 g/mol. The van der Waals surface area contributed by atoms with Crippen molar-refractivity contribution in [1.29, 1.82) is 5.26 Å². The molecule has 0 radical (unpaired) electrons. The number of nitriles is 1. The topological polar surface area (TPSA) is 62.1 Å². The van der Waals surface area contributed by atoms with Crippen LogP contribution in [-0.2, 0) is 11.4 Å². The van der Waals surface area contributed by atoms with Crippen LogP contribution in [0.1, 0.15) is 11.1 Å². The van der Waals surface area contributed by atoms with Crippen LogP contribution in [-0.4, -0.2) is 5.91 Å². The molecule has 3 aromatic carbocycles. The third kappa shape index (κ3) is 6.41. The highest BCUT2D eigenvalue weighted by atomic mass is 79.9. The van der Waals surface area contributed by atoms with Gasteiger partial charge in [-0.25, -0.2) is 0 Å². The highest BCUT2D eigenvalue weighted by Gasteiger charge is 2.13. The Bertz CT molecular complexity index is 1210. The number of rotatable bonds is 6. The molecule has 0 unspecified atom stereocenters. The Balaban J connectivity index is 1.76. The quantitative estimate of drug-likeness (QED) is 0.240. The van der Waals surface area contributed by atoms with Crippen molar-refractivity contribution in [2.75, 3.05) is 5.32 Å². The lowest BCUT2D eigenvalue weighted by molar-refractivity contribution is -0.112. The van der Waals surface area contributed by atoms with E-state index in [9.17, 15) is 10.1 Å². The van der Waals surface area contributed by atoms with Crippen LogP contribution in [0.5, 0.6) is 5.75 Å². The zero-order valence-corrected chi connectivity index (χ0v) is 20.7. The molecule has 0 saturated carbocycles. The molecule has 0 aromatic heterocycles. The van der Waals surface area contributed by atoms with E-state index < -0.39 is 5.91 Å². The van der Waals surface area contributed by atoms with Crippen LogP contribution in [0.25, 0.3) is 6.08 Å². The smallest absolute Gasteiger partial charge is 0.266 e. The summed E-state index contributed by atoms with van der Waals surface area (Å²) in [7, 11) is 0. The highest BCUT2D eigenvalue weighted by Crippen LogP contribution is 2.36. The fourth-order valence-electron chi connectivity index (χ4n) is 2.63. The lowest BCUT2D eigenvalue weighted by Crippen LogP contribution is -2.13. The van der Waals surface area contributed by atoms with Crippen molar-refractivity contribution in [2.45, 2.75) is 6.61 Å². The molecule has 1 N–H and O–H groups in total. The number of hydrogen-bond donors (Lipinski definition) is 1. The van der Waals surface area contributed by atoms with Crippen LogP contribution in [0.4, 0.5) is 5.69 Å². The van der Waals surface area contributed by atoms with Crippen LogP contribution >= 0.6 is 62.3 Å². The van der Waals surface area contributed by atoms with E-state index in [0.717, 1.165) is 5.56 Å². The number of amides is 1. The first-order valence-corrected chi connectivity index (χ1v) is 11.3. The molecule has 32 heavy (non-hydrogen) atoms. The summed E-state index contributed by atoms with van der Waals surface area (Å²) in [5.41, 5.74) is 1.79. The molecule has 0 saturated heterocycles. The molecule has 0 heterocycles. The minimum Gasteiger partial charge on any atom is -0.486 e. The Hall–Kier alpha value is -2.20. The number of carbonyl (C=O) groups excluding carboxylic acids is 1. The van der Waals surface area contributed by atoms with Crippen molar-refractivity contribution in [3.05, 3.63) is 95.9 Å². The average Bonchev–Trinajstić information content (AvgIpc) is 2.75. The molecule has 0 atom stereocenters. The molecule has 3 aromatic rings. The second-order valence-electron chi connectivity index (χ2n) is 6.48. The Morgan fingerprint density at radius 2 is 1.72 bits per heavy atom. The summed E-state index contributed by atoms with van der Waals surface area (Å²) < 4.78 is 6.38. The van der Waals surface area contributed by atoms with E-state index >= 15 is 0 Å². The molecule has 1 amide bonds. The van der Waals surface area contributed by atoms with Crippen molar-refractivity contribution in [3.63, 3.8) is 0 Å². The molecular weight excluding hydrogens is 558 g/mol. The molecule has 0 spiro atoms. The zero-order chi connectivity index (χ0) is 23.3. The molecule has 3 rings (SSSR count). The van der Waals surface area contributed by atoms with Gasteiger partial charge in [0.15, 0.2) is 5.75 Å². The molecule has 0 fully saturated rings. The molecular formula is C23H13BrCl4N2O2. The van der Waals surface area contributed by atoms with E-state index in [1.165, 1.54) is 6.08 Å². The fourth-order valence-corrected chi connectivity index (χ4v) is 4.07. The van der Waals surface area contributed by atoms with Gasteiger partial charge in [0, 0.05) is 10.7 Å². The largest absolute Gasteiger partial charge is 0.486 e. The first kappa shape index (κ1) is 24.4. The number of nitrogens with one attached hydrogen (secondary N) is 1. The lowest BCUT2D eigenvalue weighted by Gasteiger charge is -2.12. The first-order valence-electron chi connectivity index (χ1n) is 9.01. The highest BCUT2D eigenvalue weighted by molar-refractivity contribution is 9.10. The maximum Gasteiger partial charge on any atom is 0.266 e. The molecule has 0 aliphatic heterocycles. The van der Waals surface area contributed by atoms with Crippen molar-refractivity contribution >= 4 is 80.0 Å². The second kappa shape index (κ2) is 11.1. The molecule has 0 aliphatic carbocycles. The van der Waals surface area contributed by atoms with E-state index in [4.69, 9.17) is 51.1 Å². The Morgan fingerprint density at radius 1 is 1.00 bits per heavy atom. The maximum atomic E-state index is 12.5. The molecule has 0 bridgehead atoms. The number of hydrogen-bond acceptors (Lipinski definition) is 3. The van der Waals surface area contributed by atoms with Gasteiger partial charge in [-0.2, -0.15) is 5.26 Å². The molecule has 4 nitrogen and oxygen atoms in total. The lowest BCUT2D eigenvalue weighted by atomic mass is 10.1. The van der Waals surface area contributed by atoms with Crippen LogP contribution in [0.2, 0.25) is 20.1 Å². The van der Waals surface area contributed by atoms with E-state index in [0.29, 0.717) is 41.6 Å². The predicted octanol–water partition coefficient (Wildman–Crippen LogP) is 8.19. The van der Waals surface area contributed by atoms with Crippen molar-refractivity contribution in [2.24, 2.45) is 0 Å². The number of ether oxygens (including phenoxy) is 1. The average molecular weight is 571 g/mol. The number of benzene rings is 3. The van der Waals surface area contributed by atoms with E-state index in [-0.39, 0.29) is 12.2 Å². The first-order chi connectivity index (χ1) is 15.3. The number of halogens is 5. The van der Waals surface area contributed by atoms with Crippen molar-refractivity contribution in [3.8, 4) is 11.8 Å². The summed E-state index contributed by atoms with van der Waals surface area (Å²) in [5.74, 6) is -0.138. The van der Waals surface area contributed by atoms with Gasteiger partial charge in [0.25, 0.3) is 5.91 Å². The summed E-state index contributed by atoms with van der Waals surface area (Å²) in [6.45, 7) is 0.220. The van der Waals surface area contributed by atoms with Crippen LogP contribution in [0, 0.1) is 11.3 Å². The van der Waals surface area contributed by atoms with E-state index in [2.05, 4.69) is 21.2 Å². The molecule has 162 valence electrons. The fraction of sp³-hybridized carbons (Fsp3) is 0.0435. The zero-order valence-electron chi connectivity index (χ0n) is 16.1. The van der Waals surface area contributed by atoms with Gasteiger partial charge in [0.05, 0.1) is 19.5 Å². The van der Waals surface area contributed by atoms with Gasteiger partial charge in [-0.1, -0.05) is 52.5 Å². The van der Waals surface area contributed by atoms with Crippen LogP contribution < -0.4 is 10.1 Å². The summed E-state index contributed by atoms with van der Waals surface area (Å²) in [4.78, 5) is 12.5. The third-order valence-corrected chi connectivity index (χ3v) is 6.03. The van der Waals surface area contributed by atoms with Gasteiger partial charge in [-0.05, 0) is 81.7 Å². The Labute approximate surface area is 213 Å². The minimum atomic E-state index is -0.554. The van der Waals surface area contributed by atoms with Gasteiger partial charge in [0.2, 0.25) is 0 Å². The molecule has 0 aliphatic rings. The van der Waals surface area contributed by atoms with Crippen molar-refractivity contribution < 1.29 is 9.53 Å². The maximum absolute atomic E-state index is 12.5. The summed E-state index contributed by atoms with van der Waals surface area (Å²) in [6, 6.07) is 17.0. The predicted molar refractivity (Wildman–Crippen MR) is 134 cm³/mol. The summed E-state index contributed by atoms with van der Waals surface area (Å²) in [6.07, 6.45) is 1.44. The Kier molecular flexibility index (Phi) is 8.47. The SMILES string of the molecule is N#C/C(=C/c1cc(Cl)c(OCc2ccc(Cl)c(Cl)c2)c(Br)c1)C(=O)Nc1ccc(Cl)cc1. The van der Waals surface area contributed by atoms with Crippen molar-refractivity contribution in [1.82, 2.24) is 0 Å². The summed E-state index contributed by atoms with van der Waals surface area (Å²) in [5, 5.41) is 13.8. The van der Waals surface area contributed by atoms with Gasteiger partial charge >= 0.3 is 0 Å². The number of anilines is 1. The van der Waals surface area contributed by atoms with Gasteiger partial charge < -0.3 is 10.1 Å².